The molecule has 0 rings (SSSR count). The lowest BCUT2D eigenvalue weighted by Crippen LogP contribution is -1.82. The molecule has 0 aliphatic rings. The van der Waals surface area contributed by atoms with E-state index >= 15 is 0 Å². The molecule has 0 aliphatic carbocycles. The maximum atomic E-state index is 8.58. The molecule has 0 saturated carbocycles. The van der Waals surface area contributed by atoms with Crippen LogP contribution in [0, 0.1) is 0 Å². The summed E-state index contributed by atoms with van der Waals surface area (Å²) in [4.78, 5) is 8.58. The summed E-state index contributed by atoms with van der Waals surface area (Å²) in [7, 11) is 0. The Kier molecular flexibility index (Phi) is 818. The highest BCUT2D eigenvalue weighted by atomic mass is 35.5. The second-order valence-corrected chi connectivity index (χ2v) is 0.136. The predicted octanol–water partition coefficient (Wildman–Crippen LogP) is 0.796. The Morgan fingerprint density at radius 2 is 1.33 bits per heavy atom. The summed E-state index contributed by atoms with van der Waals surface area (Å²) < 4.78 is 0. The van der Waals surface area contributed by atoms with Crippen LogP contribution in [0.4, 0.5) is 0 Å². The smallest absolute Gasteiger partial charge is 0.204 e. The van der Waals surface area contributed by atoms with Crippen molar-refractivity contribution < 1.29 is 4.79 Å². The van der Waals surface area contributed by atoms with Gasteiger partial charge in [0.25, 0.3) is 0 Å². The highest BCUT2D eigenvalue weighted by molar-refractivity contribution is 5.85. The molecule has 0 aliphatic heterocycles. The van der Waals surface area contributed by atoms with E-state index in [9.17, 15) is 0 Å². The Morgan fingerprint density at radius 3 is 1.33 bits per heavy atom. The average Bonchev–Trinajstić information content (AvgIpc) is 0.918. The molecule has 0 aromatic carbocycles. The molecule has 6 heavy (non-hydrogen) atoms. The van der Waals surface area contributed by atoms with Gasteiger partial charge in [-0.05, 0) is 0 Å². The maximum Gasteiger partial charge on any atom is 0.204 e. The molecular weight excluding hydrogens is 101 g/mol. The average molecular weight is 114 g/mol. The molecule has 0 atom stereocenters. The molecule has 0 aromatic heterocycles. The first-order valence-electron chi connectivity index (χ1n) is 0.569. The zero-order valence-electron chi connectivity index (χ0n) is 1.97. The van der Waals surface area contributed by atoms with E-state index in [2.05, 4.69) is 5.73 Å². The number of hydrogen-bond donors (Lipinski definition) is 1. The minimum atomic E-state index is 0. The zero-order valence-corrected chi connectivity index (χ0v) is 2.79. The molecule has 0 heterocycles. The fourth-order valence-corrected chi connectivity index (χ4v) is 0. The SMILES string of the molecule is C.C.Cl.NC=O. The topological polar surface area (TPSA) is 43.1 Å². The van der Waals surface area contributed by atoms with E-state index in [0.29, 0.717) is 0 Å². The minimum Gasteiger partial charge on any atom is -0.372 e. The minimum absolute atomic E-state index is 0. The summed E-state index contributed by atoms with van der Waals surface area (Å²) in [6, 6.07) is 0. The third-order valence-corrected chi connectivity index (χ3v) is 0. The van der Waals surface area contributed by atoms with Gasteiger partial charge in [0.1, 0.15) is 0 Å². The third kappa shape index (κ3) is 497. The Bertz CT molecular complexity index is 18.3. The Labute approximate surface area is 45.1 Å². The Hall–Kier alpha value is -0.240. The van der Waals surface area contributed by atoms with Gasteiger partial charge in [-0.15, -0.1) is 12.4 Å². The molecule has 2 nitrogen and oxygen atoms in total. The van der Waals surface area contributed by atoms with Gasteiger partial charge in [0.05, 0.1) is 0 Å². The van der Waals surface area contributed by atoms with Crippen LogP contribution in [0.3, 0.4) is 0 Å². The van der Waals surface area contributed by atoms with Crippen molar-refractivity contribution in [3.63, 3.8) is 0 Å². The van der Waals surface area contributed by atoms with Crippen molar-refractivity contribution in [3.8, 4) is 0 Å². The number of halogens is 1. The Morgan fingerprint density at radius 1 is 1.33 bits per heavy atom. The van der Waals surface area contributed by atoms with Gasteiger partial charge >= 0.3 is 0 Å². The highest BCUT2D eigenvalue weighted by Gasteiger charge is 1.19. The standard InChI is InChI=1S/CH3NO.2CH4.ClH/c2-1-3;;;/h1H,(H2,2,3);2*1H4;1H. The summed E-state index contributed by atoms with van der Waals surface area (Å²) >= 11 is 0. The first kappa shape index (κ1) is 42.1. The number of amides is 1. The van der Waals surface area contributed by atoms with Gasteiger partial charge in [-0.2, -0.15) is 0 Å². The van der Waals surface area contributed by atoms with Crippen molar-refractivity contribution >= 4 is 18.8 Å². The Balaban J connectivity index is -0.00000000667. The molecule has 0 spiro atoms. The van der Waals surface area contributed by atoms with Gasteiger partial charge in [0.2, 0.25) is 6.41 Å². The zero-order chi connectivity index (χ0) is 2.71. The van der Waals surface area contributed by atoms with Crippen molar-refractivity contribution in [2.75, 3.05) is 0 Å². The summed E-state index contributed by atoms with van der Waals surface area (Å²) in [5, 5.41) is 0. The molecule has 0 fully saturated rings. The summed E-state index contributed by atoms with van der Waals surface area (Å²) in [5.41, 5.74) is 4.17. The van der Waals surface area contributed by atoms with Crippen LogP contribution in [0.15, 0.2) is 0 Å². The van der Waals surface area contributed by atoms with Crippen molar-refractivity contribution in [2.24, 2.45) is 5.73 Å². The van der Waals surface area contributed by atoms with E-state index in [0.717, 1.165) is 0 Å². The third-order valence-electron chi connectivity index (χ3n) is 0. The molecule has 2 N–H and O–H groups in total. The van der Waals surface area contributed by atoms with Crippen molar-refractivity contribution in [1.29, 1.82) is 0 Å². The van der Waals surface area contributed by atoms with Crippen LogP contribution in [0.5, 0.6) is 0 Å². The fourth-order valence-electron chi connectivity index (χ4n) is 0. The van der Waals surface area contributed by atoms with Crippen LogP contribution in [0.2, 0.25) is 0 Å². The monoisotopic (exact) mass is 113 g/mol. The van der Waals surface area contributed by atoms with E-state index in [4.69, 9.17) is 4.79 Å². The predicted molar refractivity (Wildman–Crippen MR) is 31.0 cm³/mol. The molecule has 3 heteroatoms. The molecule has 0 saturated heterocycles. The molecule has 0 bridgehead atoms. The summed E-state index contributed by atoms with van der Waals surface area (Å²) in [6.45, 7) is 0. The van der Waals surface area contributed by atoms with Crippen molar-refractivity contribution in [1.82, 2.24) is 0 Å². The van der Waals surface area contributed by atoms with Gasteiger partial charge in [-0.1, -0.05) is 14.9 Å². The van der Waals surface area contributed by atoms with Crippen LogP contribution in [0.1, 0.15) is 14.9 Å². The number of primary amides is 1. The van der Waals surface area contributed by atoms with Crippen LogP contribution in [0.25, 0.3) is 0 Å². The van der Waals surface area contributed by atoms with Gasteiger partial charge in [0, 0.05) is 0 Å². The van der Waals surface area contributed by atoms with E-state index in [1.54, 1.807) is 0 Å². The molecule has 42 valence electrons. The second-order valence-electron chi connectivity index (χ2n) is 0.136. The molecule has 0 radical (unpaired) electrons. The first-order valence-corrected chi connectivity index (χ1v) is 0.569. The van der Waals surface area contributed by atoms with Crippen LogP contribution in [-0.2, 0) is 4.79 Å². The van der Waals surface area contributed by atoms with Crippen LogP contribution in [-0.4, -0.2) is 6.41 Å². The first-order chi connectivity index (χ1) is 1.41. The quantitative estimate of drug-likeness (QED) is 0.464. The molecule has 0 unspecified atom stereocenters. The van der Waals surface area contributed by atoms with E-state index in [1.165, 1.54) is 0 Å². The number of rotatable bonds is 0. The van der Waals surface area contributed by atoms with Crippen molar-refractivity contribution in [2.45, 2.75) is 14.9 Å². The van der Waals surface area contributed by atoms with Crippen molar-refractivity contribution in [3.05, 3.63) is 0 Å². The largest absolute Gasteiger partial charge is 0.372 e. The fraction of sp³-hybridized carbons (Fsp3) is 0.667. The van der Waals surface area contributed by atoms with Crippen LogP contribution < -0.4 is 5.73 Å². The van der Waals surface area contributed by atoms with E-state index in [1.807, 2.05) is 0 Å². The number of hydrogen-bond acceptors (Lipinski definition) is 1. The molecular formula is C3H12ClNO. The maximum absolute atomic E-state index is 8.58. The highest BCUT2D eigenvalue weighted by Crippen LogP contribution is 0.798. The van der Waals surface area contributed by atoms with Gasteiger partial charge in [-0.3, -0.25) is 4.79 Å². The summed E-state index contributed by atoms with van der Waals surface area (Å²) in [5.74, 6) is 0. The van der Waals surface area contributed by atoms with Gasteiger partial charge < -0.3 is 5.73 Å². The number of carbonyl (C=O) groups is 1. The normalized spacial score (nSPS) is 2.00. The van der Waals surface area contributed by atoms with Gasteiger partial charge in [0.15, 0.2) is 0 Å². The second kappa shape index (κ2) is 117. The molecule has 1 amide bonds. The number of nitrogens with two attached hydrogens (primary N) is 1. The number of carbonyl (C=O) groups excluding carboxylic acids is 1. The van der Waals surface area contributed by atoms with E-state index < -0.39 is 0 Å². The van der Waals surface area contributed by atoms with Crippen LogP contribution >= 0.6 is 12.4 Å². The molecule has 0 aromatic rings. The van der Waals surface area contributed by atoms with Gasteiger partial charge in [-0.25, -0.2) is 0 Å². The lowest BCUT2D eigenvalue weighted by atomic mass is 11.5. The summed E-state index contributed by atoms with van der Waals surface area (Å²) in [6.07, 6.45) is 0.250. The van der Waals surface area contributed by atoms with E-state index in [-0.39, 0.29) is 33.7 Å². The lowest BCUT2D eigenvalue weighted by Gasteiger charge is -1.32. The lowest BCUT2D eigenvalue weighted by molar-refractivity contribution is -0.106.